The van der Waals surface area contributed by atoms with Crippen LogP contribution in [0.4, 0.5) is 0 Å². The zero-order valence-electron chi connectivity index (χ0n) is 14.3. The first kappa shape index (κ1) is 16.8. The van der Waals surface area contributed by atoms with E-state index in [0.29, 0.717) is 17.8 Å². The molecule has 0 bridgehead atoms. The molecule has 0 heterocycles. The Balaban J connectivity index is 1.88. The zero-order valence-corrected chi connectivity index (χ0v) is 14.3. The molecule has 0 amide bonds. The van der Waals surface area contributed by atoms with Gasteiger partial charge in [-0.25, -0.2) is 0 Å². The zero-order chi connectivity index (χ0) is 15.5. The van der Waals surface area contributed by atoms with Gasteiger partial charge in [0.15, 0.2) is 0 Å². The summed E-state index contributed by atoms with van der Waals surface area (Å²) >= 11 is 0. The molecular formula is C18H33NO2. The van der Waals surface area contributed by atoms with Gasteiger partial charge in [0, 0.05) is 5.54 Å². The third kappa shape index (κ3) is 4.70. The highest BCUT2D eigenvalue weighted by molar-refractivity contribution is 5.71. The van der Waals surface area contributed by atoms with Gasteiger partial charge in [-0.1, -0.05) is 40.0 Å². The maximum absolute atomic E-state index is 12.4. The van der Waals surface area contributed by atoms with Crippen LogP contribution in [0.5, 0.6) is 0 Å². The average Bonchev–Trinajstić information content (AvgIpc) is 2.37. The van der Waals surface area contributed by atoms with E-state index in [4.69, 9.17) is 4.74 Å². The summed E-state index contributed by atoms with van der Waals surface area (Å²) in [7, 11) is 1.99. The molecule has 0 aliphatic heterocycles. The first-order valence-corrected chi connectivity index (χ1v) is 8.73. The van der Waals surface area contributed by atoms with Gasteiger partial charge in [0.2, 0.25) is 0 Å². The lowest BCUT2D eigenvalue weighted by molar-refractivity contribution is -0.155. The van der Waals surface area contributed by atoms with Crippen molar-refractivity contribution in [3.05, 3.63) is 0 Å². The minimum Gasteiger partial charge on any atom is -0.462 e. The molecule has 1 N–H and O–H groups in total. The van der Waals surface area contributed by atoms with Gasteiger partial charge in [0.25, 0.3) is 0 Å². The molecule has 2 atom stereocenters. The number of rotatable bonds is 4. The molecule has 0 saturated heterocycles. The highest BCUT2D eigenvalue weighted by Gasteiger charge is 2.37. The fraction of sp³-hybridized carbons (Fsp3) is 0.944. The van der Waals surface area contributed by atoms with Crippen LogP contribution in [0.25, 0.3) is 0 Å². The molecule has 0 aromatic heterocycles. The summed E-state index contributed by atoms with van der Waals surface area (Å²) in [5, 5.41) is 3.41. The van der Waals surface area contributed by atoms with Crippen molar-refractivity contribution < 1.29 is 9.53 Å². The second kappa shape index (κ2) is 6.68. The van der Waals surface area contributed by atoms with Crippen molar-refractivity contribution >= 4 is 5.97 Å². The van der Waals surface area contributed by atoms with E-state index in [1.165, 1.54) is 25.7 Å². The number of hydrogen-bond acceptors (Lipinski definition) is 3. The van der Waals surface area contributed by atoms with Crippen molar-refractivity contribution in [1.29, 1.82) is 0 Å². The van der Waals surface area contributed by atoms with E-state index in [-0.39, 0.29) is 17.6 Å². The van der Waals surface area contributed by atoms with E-state index in [1.54, 1.807) is 0 Å². The normalized spacial score (nSPS) is 31.6. The summed E-state index contributed by atoms with van der Waals surface area (Å²) in [6, 6.07) is 0. The van der Waals surface area contributed by atoms with Crippen LogP contribution in [0.3, 0.4) is 0 Å². The molecule has 3 nitrogen and oxygen atoms in total. The van der Waals surface area contributed by atoms with Crippen LogP contribution >= 0.6 is 0 Å². The molecule has 3 heteroatoms. The van der Waals surface area contributed by atoms with Crippen LogP contribution in [0.15, 0.2) is 0 Å². The Morgan fingerprint density at radius 2 is 1.86 bits per heavy atom. The summed E-state index contributed by atoms with van der Waals surface area (Å²) in [5.41, 5.74) is 0.291. The van der Waals surface area contributed by atoms with Crippen molar-refractivity contribution in [2.75, 3.05) is 7.05 Å². The first-order valence-electron chi connectivity index (χ1n) is 8.73. The van der Waals surface area contributed by atoms with Crippen molar-refractivity contribution in [2.45, 2.75) is 90.2 Å². The molecule has 0 spiro atoms. The predicted molar refractivity (Wildman–Crippen MR) is 86.2 cm³/mol. The fourth-order valence-corrected chi connectivity index (χ4v) is 4.60. The van der Waals surface area contributed by atoms with Crippen LogP contribution in [0.2, 0.25) is 0 Å². The average molecular weight is 295 g/mol. The van der Waals surface area contributed by atoms with Gasteiger partial charge in [-0.15, -0.1) is 0 Å². The van der Waals surface area contributed by atoms with Gasteiger partial charge in [-0.3, -0.25) is 4.79 Å². The van der Waals surface area contributed by atoms with Crippen molar-refractivity contribution in [3.63, 3.8) is 0 Å². The number of esters is 1. The Kier molecular flexibility index (Phi) is 5.34. The Morgan fingerprint density at radius 1 is 1.19 bits per heavy atom. The Labute approximate surface area is 130 Å². The minimum absolute atomic E-state index is 0.00106. The van der Waals surface area contributed by atoms with E-state index in [0.717, 1.165) is 25.7 Å². The lowest BCUT2D eigenvalue weighted by Gasteiger charge is -2.40. The highest BCUT2D eigenvalue weighted by atomic mass is 16.5. The smallest absolute Gasteiger partial charge is 0.307 e. The number of carbonyl (C=O) groups excluding carboxylic acids is 1. The van der Waals surface area contributed by atoms with Crippen LogP contribution in [-0.2, 0) is 9.53 Å². The largest absolute Gasteiger partial charge is 0.462 e. The van der Waals surface area contributed by atoms with E-state index < -0.39 is 0 Å². The van der Waals surface area contributed by atoms with E-state index >= 15 is 0 Å². The monoisotopic (exact) mass is 295 g/mol. The van der Waals surface area contributed by atoms with Crippen molar-refractivity contribution in [1.82, 2.24) is 5.32 Å². The summed E-state index contributed by atoms with van der Waals surface area (Å²) in [4.78, 5) is 12.4. The Morgan fingerprint density at radius 3 is 2.43 bits per heavy atom. The quantitative estimate of drug-likeness (QED) is 0.795. The standard InChI is InChI=1S/C18H33NO2/c1-14-10-15(12-17(2,3)11-14)21-16(20)13-18(19-4)8-6-5-7-9-18/h14-15,19H,5-13H2,1-4H3. The van der Waals surface area contributed by atoms with Crippen LogP contribution < -0.4 is 5.32 Å². The number of carbonyl (C=O) groups is 1. The summed E-state index contributed by atoms with van der Waals surface area (Å²) < 4.78 is 5.85. The summed E-state index contributed by atoms with van der Waals surface area (Å²) in [6.45, 7) is 6.86. The topological polar surface area (TPSA) is 38.3 Å². The molecular weight excluding hydrogens is 262 g/mol. The predicted octanol–water partition coefficient (Wildman–Crippen LogP) is 4.06. The summed E-state index contributed by atoms with van der Waals surface area (Å²) in [6.07, 6.45) is 9.88. The van der Waals surface area contributed by atoms with E-state index in [2.05, 4.69) is 26.1 Å². The van der Waals surface area contributed by atoms with Gasteiger partial charge in [0.05, 0.1) is 6.42 Å². The van der Waals surface area contributed by atoms with Gasteiger partial charge in [-0.2, -0.15) is 0 Å². The molecule has 21 heavy (non-hydrogen) atoms. The van der Waals surface area contributed by atoms with Crippen LogP contribution in [0, 0.1) is 11.3 Å². The van der Waals surface area contributed by atoms with Crippen LogP contribution in [-0.4, -0.2) is 24.7 Å². The number of ether oxygens (including phenoxy) is 1. The first-order chi connectivity index (χ1) is 9.84. The second-order valence-electron chi connectivity index (χ2n) is 8.29. The van der Waals surface area contributed by atoms with Crippen LogP contribution in [0.1, 0.15) is 78.6 Å². The lowest BCUT2D eigenvalue weighted by atomic mass is 9.71. The van der Waals surface area contributed by atoms with E-state index in [9.17, 15) is 4.79 Å². The fourth-order valence-electron chi connectivity index (χ4n) is 4.60. The maximum atomic E-state index is 12.4. The van der Waals surface area contributed by atoms with Crippen molar-refractivity contribution in [2.24, 2.45) is 11.3 Å². The van der Waals surface area contributed by atoms with Gasteiger partial charge in [0.1, 0.15) is 6.10 Å². The van der Waals surface area contributed by atoms with Crippen molar-refractivity contribution in [3.8, 4) is 0 Å². The molecule has 2 rings (SSSR count). The lowest BCUT2D eigenvalue weighted by Crippen LogP contribution is -2.47. The molecule has 2 aliphatic carbocycles. The maximum Gasteiger partial charge on any atom is 0.307 e. The Hall–Kier alpha value is -0.570. The van der Waals surface area contributed by atoms with Gasteiger partial charge < -0.3 is 10.1 Å². The third-order valence-corrected chi connectivity index (χ3v) is 5.47. The summed E-state index contributed by atoms with van der Waals surface area (Å²) in [5.74, 6) is 0.653. The molecule has 0 radical (unpaired) electrons. The second-order valence-corrected chi connectivity index (χ2v) is 8.29. The molecule has 0 aromatic rings. The molecule has 2 unspecified atom stereocenters. The molecule has 2 fully saturated rings. The molecule has 0 aromatic carbocycles. The highest BCUT2D eigenvalue weighted by Crippen LogP contribution is 2.40. The third-order valence-electron chi connectivity index (χ3n) is 5.47. The number of nitrogens with one attached hydrogen (secondary N) is 1. The SMILES string of the molecule is CNC1(CC(=O)OC2CC(C)CC(C)(C)C2)CCCCC1. The molecule has 2 aliphatic rings. The van der Waals surface area contributed by atoms with Gasteiger partial charge >= 0.3 is 5.97 Å². The van der Waals surface area contributed by atoms with E-state index in [1.807, 2.05) is 7.05 Å². The minimum atomic E-state index is -0.00880. The van der Waals surface area contributed by atoms with Gasteiger partial charge in [-0.05, 0) is 50.5 Å². The number of hydrogen-bond donors (Lipinski definition) is 1. The molecule has 2 saturated carbocycles. The molecule has 122 valence electrons. The Bertz CT molecular complexity index is 358.